The molecule has 0 radical (unpaired) electrons. The number of carbonyl (C=O) groups is 2. The van der Waals surface area contributed by atoms with Crippen molar-refractivity contribution in [1.82, 2.24) is 14.9 Å². The molecule has 0 atom stereocenters. The molecule has 2 aromatic heterocycles. The predicted octanol–water partition coefficient (Wildman–Crippen LogP) is 2.90. The summed E-state index contributed by atoms with van der Waals surface area (Å²) in [5.41, 5.74) is 1.06. The molecule has 3 rings (SSSR count). The average Bonchev–Trinajstić information content (AvgIpc) is 3.06. The zero-order valence-corrected chi connectivity index (χ0v) is 16.7. The Hall–Kier alpha value is -3.00. The van der Waals surface area contributed by atoms with Gasteiger partial charge in [-0.1, -0.05) is 37.6 Å². The van der Waals surface area contributed by atoms with E-state index in [0.29, 0.717) is 22.8 Å². The van der Waals surface area contributed by atoms with Crippen molar-refractivity contribution in [3.63, 3.8) is 0 Å². The van der Waals surface area contributed by atoms with Crippen LogP contribution in [0.2, 0.25) is 0 Å². The number of nitrogens with zero attached hydrogens (tertiary/aromatic N) is 2. The number of aromatic nitrogens is 2. The number of carboxylic acid groups (broad SMARTS) is 1. The first-order chi connectivity index (χ1) is 13.3. The number of carboxylic acids is 1. The minimum absolute atomic E-state index is 0.0329. The number of carbonyl (C=O) groups excluding carboxylic acids is 1. The van der Waals surface area contributed by atoms with E-state index in [9.17, 15) is 19.5 Å². The van der Waals surface area contributed by atoms with E-state index in [1.807, 2.05) is 45.0 Å². The Morgan fingerprint density at radius 1 is 1.32 bits per heavy atom. The van der Waals surface area contributed by atoms with Crippen molar-refractivity contribution in [1.29, 1.82) is 0 Å². The molecular formula is C20H21N3O4S. The monoisotopic (exact) mass is 399 g/mol. The Morgan fingerprint density at radius 2 is 2.07 bits per heavy atom. The topological polar surface area (TPSA) is 101 Å². The van der Waals surface area contributed by atoms with E-state index < -0.39 is 11.5 Å². The van der Waals surface area contributed by atoms with Gasteiger partial charge in [-0.15, -0.1) is 11.3 Å². The average molecular weight is 399 g/mol. The fourth-order valence-electron chi connectivity index (χ4n) is 2.85. The fraction of sp³-hybridized carbons (Fsp3) is 0.300. The van der Waals surface area contributed by atoms with Crippen LogP contribution in [0, 0.1) is 12.8 Å². The van der Waals surface area contributed by atoms with Gasteiger partial charge in [0.05, 0.1) is 10.9 Å². The smallest absolute Gasteiger partial charge is 0.337 e. The maximum atomic E-state index is 13.2. The summed E-state index contributed by atoms with van der Waals surface area (Å²) < 4.78 is 1.26. The third kappa shape index (κ3) is 3.96. The van der Waals surface area contributed by atoms with Gasteiger partial charge in [0.2, 0.25) is 5.91 Å². The number of aromatic carboxylic acids is 1. The highest BCUT2D eigenvalue weighted by Crippen LogP contribution is 2.25. The molecule has 0 spiro atoms. The molecule has 7 nitrogen and oxygen atoms in total. The first-order valence-corrected chi connectivity index (χ1v) is 9.75. The minimum Gasteiger partial charge on any atom is -0.478 e. The molecule has 0 aliphatic heterocycles. The number of hydrogen-bond donors (Lipinski definition) is 2. The van der Waals surface area contributed by atoms with Crippen molar-refractivity contribution in [3.8, 4) is 11.4 Å². The second-order valence-electron chi connectivity index (χ2n) is 7.03. The molecule has 146 valence electrons. The number of rotatable bonds is 6. The highest BCUT2D eigenvalue weighted by molar-refractivity contribution is 7.17. The summed E-state index contributed by atoms with van der Waals surface area (Å²) in [7, 11) is 0. The Kier molecular flexibility index (Phi) is 5.60. The quantitative estimate of drug-likeness (QED) is 0.664. The summed E-state index contributed by atoms with van der Waals surface area (Å²) in [6, 6.07) is 7.46. The van der Waals surface area contributed by atoms with Crippen molar-refractivity contribution in [2.24, 2.45) is 5.92 Å². The van der Waals surface area contributed by atoms with Crippen LogP contribution in [0.1, 0.15) is 29.8 Å². The Morgan fingerprint density at radius 3 is 2.71 bits per heavy atom. The van der Waals surface area contributed by atoms with Gasteiger partial charge < -0.3 is 10.4 Å². The normalized spacial score (nSPS) is 11.1. The summed E-state index contributed by atoms with van der Waals surface area (Å²) in [6.45, 7) is 6.13. The largest absolute Gasteiger partial charge is 0.478 e. The zero-order valence-electron chi connectivity index (χ0n) is 15.9. The van der Waals surface area contributed by atoms with E-state index in [4.69, 9.17) is 0 Å². The van der Waals surface area contributed by atoms with E-state index in [0.717, 1.165) is 16.9 Å². The lowest BCUT2D eigenvalue weighted by Crippen LogP contribution is -2.35. The summed E-state index contributed by atoms with van der Waals surface area (Å²) >= 11 is 1.11. The molecule has 2 N–H and O–H groups in total. The first-order valence-electron chi connectivity index (χ1n) is 8.87. The number of fused-ring (bicyclic) bond motifs is 1. The van der Waals surface area contributed by atoms with Crippen LogP contribution in [0.5, 0.6) is 0 Å². The fourth-order valence-corrected chi connectivity index (χ4v) is 3.75. The van der Waals surface area contributed by atoms with Crippen LogP contribution in [-0.2, 0) is 11.3 Å². The summed E-state index contributed by atoms with van der Waals surface area (Å²) in [6.07, 6.45) is 0. The molecule has 0 aliphatic rings. The van der Waals surface area contributed by atoms with Gasteiger partial charge in [-0.25, -0.2) is 9.78 Å². The van der Waals surface area contributed by atoms with Crippen LogP contribution >= 0.6 is 11.3 Å². The number of nitrogens with one attached hydrogen (secondary N) is 1. The van der Waals surface area contributed by atoms with Gasteiger partial charge >= 0.3 is 5.97 Å². The Balaban J connectivity index is 2.19. The lowest BCUT2D eigenvalue weighted by Gasteiger charge is -2.14. The second-order valence-corrected chi connectivity index (χ2v) is 7.89. The molecule has 0 saturated carbocycles. The number of benzene rings is 1. The van der Waals surface area contributed by atoms with Crippen molar-refractivity contribution in [2.75, 3.05) is 6.54 Å². The molecular weight excluding hydrogens is 378 g/mol. The van der Waals surface area contributed by atoms with Gasteiger partial charge in [-0.3, -0.25) is 14.2 Å². The molecule has 0 unspecified atom stereocenters. The lowest BCUT2D eigenvalue weighted by atomic mass is 10.1. The molecule has 0 saturated heterocycles. The molecule has 0 aliphatic carbocycles. The third-order valence-corrected chi connectivity index (χ3v) is 5.08. The van der Waals surface area contributed by atoms with Crippen LogP contribution in [0.4, 0.5) is 0 Å². The zero-order chi connectivity index (χ0) is 20.4. The van der Waals surface area contributed by atoms with Gasteiger partial charge in [-0.05, 0) is 18.9 Å². The number of hydrogen-bond acceptors (Lipinski definition) is 5. The van der Waals surface area contributed by atoms with Crippen molar-refractivity contribution in [2.45, 2.75) is 27.3 Å². The number of thiophene rings is 1. The lowest BCUT2D eigenvalue weighted by molar-refractivity contribution is -0.121. The maximum absolute atomic E-state index is 13.2. The first kappa shape index (κ1) is 19.8. The third-order valence-electron chi connectivity index (χ3n) is 4.21. The Bertz CT molecular complexity index is 1110. The van der Waals surface area contributed by atoms with Crippen LogP contribution < -0.4 is 10.9 Å². The van der Waals surface area contributed by atoms with Gasteiger partial charge in [0.1, 0.15) is 17.2 Å². The summed E-state index contributed by atoms with van der Waals surface area (Å²) in [5.74, 6) is -0.894. The highest BCUT2D eigenvalue weighted by Gasteiger charge is 2.21. The van der Waals surface area contributed by atoms with Crippen molar-refractivity contribution < 1.29 is 14.7 Å². The van der Waals surface area contributed by atoms with Crippen molar-refractivity contribution >= 4 is 33.4 Å². The predicted molar refractivity (Wildman–Crippen MR) is 109 cm³/mol. The molecule has 28 heavy (non-hydrogen) atoms. The summed E-state index contributed by atoms with van der Waals surface area (Å²) in [5, 5.41) is 13.6. The van der Waals surface area contributed by atoms with E-state index in [-0.39, 0.29) is 29.3 Å². The van der Waals surface area contributed by atoms with E-state index in [2.05, 4.69) is 10.3 Å². The van der Waals surface area contributed by atoms with Crippen LogP contribution in [0.25, 0.3) is 21.6 Å². The molecule has 1 aromatic carbocycles. The van der Waals surface area contributed by atoms with E-state index in [1.54, 1.807) is 0 Å². The molecule has 3 aromatic rings. The van der Waals surface area contributed by atoms with Gasteiger partial charge in [0.25, 0.3) is 5.56 Å². The van der Waals surface area contributed by atoms with Crippen LogP contribution in [0.15, 0.2) is 34.4 Å². The molecule has 2 heterocycles. The molecule has 0 fully saturated rings. The van der Waals surface area contributed by atoms with Gasteiger partial charge in [0.15, 0.2) is 0 Å². The maximum Gasteiger partial charge on any atom is 0.337 e. The highest BCUT2D eigenvalue weighted by atomic mass is 32.1. The van der Waals surface area contributed by atoms with E-state index in [1.165, 1.54) is 9.95 Å². The van der Waals surface area contributed by atoms with Crippen molar-refractivity contribution in [3.05, 3.63) is 51.1 Å². The van der Waals surface area contributed by atoms with Crippen LogP contribution in [-0.4, -0.2) is 33.1 Å². The number of amides is 1. The molecule has 0 bridgehead atoms. The van der Waals surface area contributed by atoms with E-state index >= 15 is 0 Å². The minimum atomic E-state index is -1.19. The van der Waals surface area contributed by atoms with Crippen LogP contribution in [0.3, 0.4) is 0 Å². The second kappa shape index (κ2) is 7.93. The SMILES string of the molecule is Cc1cccc(-c2nc3scc(C(=O)O)c3c(=O)n2CC(=O)NCC(C)C)c1. The standard InChI is InChI=1S/C20H21N3O4S/c1-11(2)8-21-15(24)9-23-17(13-6-4-5-12(3)7-13)22-18-16(19(23)25)14(10-28-18)20(26)27/h4-7,10-11H,8-9H2,1-3H3,(H,21,24)(H,26,27). The molecule has 1 amide bonds. The summed E-state index contributed by atoms with van der Waals surface area (Å²) in [4.78, 5) is 41.9. The van der Waals surface area contributed by atoms with Gasteiger partial charge in [-0.2, -0.15) is 0 Å². The Labute approximate surface area is 165 Å². The van der Waals surface area contributed by atoms with Gasteiger partial charge in [0, 0.05) is 17.5 Å². The molecule has 8 heteroatoms. The number of aryl methyl sites for hydroxylation is 1.